The van der Waals surface area contributed by atoms with Gasteiger partial charge in [0.15, 0.2) is 0 Å². The predicted octanol–water partition coefficient (Wildman–Crippen LogP) is 7.40. The van der Waals surface area contributed by atoms with Crippen LogP contribution in [0.3, 0.4) is 0 Å². The van der Waals surface area contributed by atoms with Crippen LogP contribution in [0.2, 0.25) is 5.02 Å². The fourth-order valence-corrected chi connectivity index (χ4v) is 4.64. The molecule has 3 aromatic rings. The maximum atomic E-state index is 13.4. The molecule has 0 bridgehead atoms. The molecule has 0 radical (unpaired) electrons. The summed E-state index contributed by atoms with van der Waals surface area (Å²) in [6.45, 7) is 1.56. The summed E-state index contributed by atoms with van der Waals surface area (Å²) in [6.07, 6.45) is 9.79. The monoisotopic (exact) mass is 517 g/mol. The molecule has 2 N–H and O–H groups in total. The van der Waals surface area contributed by atoms with Gasteiger partial charge in [-0.3, -0.25) is 0 Å². The van der Waals surface area contributed by atoms with Crippen LogP contribution in [0.1, 0.15) is 50.5 Å². The third kappa shape index (κ3) is 7.83. The lowest BCUT2D eigenvalue weighted by molar-refractivity contribution is 0.0574. The minimum absolute atomic E-state index is 0.254. The van der Waals surface area contributed by atoms with Gasteiger partial charge in [0.2, 0.25) is 0 Å². The van der Waals surface area contributed by atoms with E-state index in [1.165, 1.54) is 31.4 Å². The highest BCUT2D eigenvalue weighted by Crippen LogP contribution is 2.30. The van der Waals surface area contributed by atoms with Gasteiger partial charge in [-0.25, -0.2) is 18.7 Å². The third-order valence-electron chi connectivity index (χ3n) is 6.29. The van der Waals surface area contributed by atoms with E-state index in [2.05, 4.69) is 20.6 Å². The summed E-state index contributed by atoms with van der Waals surface area (Å²) < 4.78 is 38.5. The molecule has 2 aromatic heterocycles. The standard InChI is InChI=1S/C23H23ClF2N4.C4H8FN/c24-20-14-28-23(29-18-5-2-1-3-6-18)12-19(20)21-7-4-8-22(30-21)27-13-15-9-16(25)11-17(26)10-15;5-6-3-1-2-4-6/h4,7-12,14,18H,1-3,5-6,13H2,(H,27,30)(H,28,29);1-4H2. The van der Waals surface area contributed by atoms with Gasteiger partial charge in [0.25, 0.3) is 0 Å². The molecule has 1 saturated carbocycles. The van der Waals surface area contributed by atoms with Gasteiger partial charge >= 0.3 is 0 Å². The maximum absolute atomic E-state index is 13.4. The van der Waals surface area contributed by atoms with Crippen LogP contribution in [-0.2, 0) is 6.54 Å². The molecule has 5 rings (SSSR count). The lowest BCUT2D eigenvalue weighted by atomic mass is 9.95. The minimum atomic E-state index is -0.602. The van der Waals surface area contributed by atoms with Crippen LogP contribution in [0.25, 0.3) is 11.3 Å². The van der Waals surface area contributed by atoms with Crippen LogP contribution >= 0.6 is 11.6 Å². The largest absolute Gasteiger partial charge is 0.367 e. The zero-order valence-electron chi connectivity index (χ0n) is 20.1. The first-order valence-electron chi connectivity index (χ1n) is 12.5. The molecule has 5 nitrogen and oxygen atoms in total. The number of nitrogens with one attached hydrogen (secondary N) is 2. The molecule has 0 atom stereocenters. The fourth-order valence-electron chi connectivity index (χ4n) is 4.44. The lowest BCUT2D eigenvalue weighted by Gasteiger charge is -2.23. The fraction of sp³-hybridized carbons (Fsp3) is 0.407. The summed E-state index contributed by atoms with van der Waals surface area (Å²) in [5, 5.41) is 7.99. The second-order valence-corrected chi connectivity index (χ2v) is 9.59. The number of halogens is 4. The second kappa shape index (κ2) is 12.9. The van der Waals surface area contributed by atoms with Crippen molar-refractivity contribution in [2.24, 2.45) is 0 Å². The number of nitrogens with zero attached hydrogens (tertiary/aromatic N) is 3. The van der Waals surface area contributed by atoms with Crippen LogP contribution in [0.4, 0.5) is 24.9 Å². The Bertz CT molecular complexity index is 1110. The van der Waals surface area contributed by atoms with Crippen LogP contribution in [-0.4, -0.2) is 34.2 Å². The van der Waals surface area contributed by atoms with E-state index >= 15 is 0 Å². The van der Waals surface area contributed by atoms with E-state index in [1.807, 2.05) is 18.2 Å². The number of anilines is 2. The first-order chi connectivity index (χ1) is 17.5. The Morgan fingerprint density at radius 1 is 0.917 bits per heavy atom. The Kier molecular flexibility index (Phi) is 9.41. The molecule has 1 aromatic carbocycles. The number of hydrogen-bond donors (Lipinski definition) is 2. The molecular weight excluding hydrogens is 487 g/mol. The lowest BCUT2D eigenvalue weighted by Crippen LogP contribution is -2.22. The van der Waals surface area contributed by atoms with Gasteiger partial charge < -0.3 is 10.6 Å². The van der Waals surface area contributed by atoms with E-state index in [1.54, 1.807) is 12.3 Å². The number of hydrogen-bond acceptors (Lipinski definition) is 5. The zero-order valence-corrected chi connectivity index (χ0v) is 20.9. The Labute approximate surface area is 215 Å². The predicted molar refractivity (Wildman–Crippen MR) is 139 cm³/mol. The molecule has 36 heavy (non-hydrogen) atoms. The second-order valence-electron chi connectivity index (χ2n) is 9.18. The summed E-state index contributed by atoms with van der Waals surface area (Å²) in [5.74, 6) is 0.175. The van der Waals surface area contributed by atoms with E-state index in [9.17, 15) is 13.3 Å². The first kappa shape index (κ1) is 26.2. The van der Waals surface area contributed by atoms with Crippen molar-refractivity contribution in [2.45, 2.75) is 57.5 Å². The van der Waals surface area contributed by atoms with E-state index in [0.717, 1.165) is 48.3 Å². The van der Waals surface area contributed by atoms with Crippen molar-refractivity contribution >= 4 is 23.2 Å². The maximum Gasteiger partial charge on any atom is 0.126 e. The van der Waals surface area contributed by atoms with Gasteiger partial charge in [0, 0.05) is 43.5 Å². The first-order valence-corrected chi connectivity index (χ1v) is 12.8. The molecule has 1 aliphatic heterocycles. The Morgan fingerprint density at radius 2 is 1.64 bits per heavy atom. The molecule has 1 aliphatic carbocycles. The minimum Gasteiger partial charge on any atom is -0.367 e. The Hall–Kier alpha value is -2.84. The number of rotatable bonds is 6. The van der Waals surface area contributed by atoms with Gasteiger partial charge in [0.1, 0.15) is 23.3 Å². The Balaban J connectivity index is 0.000000445. The smallest absolute Gasteiger partial charge is 0.126 e. The zero-order chi connectivity index (χ0) is 25.3. The molecule has 0 spiro atoms. The van der Waals surface area contributed by atoms with Gasteiger partial charge in [-0.05, 0) is 61.6 Å². The van der Waals surface area contributed by atoms with Gasteiger partial charge in [-0.2, -0.15) is 0 Å². The van der Waals surface area contributed by atoms with E-state index < -0.39 is 11.6 Å². The molecule has 0 amide bonds. The van der Waals surface area contributed by atoms with E-state index in [0.29, 0.717) is 41.2 Å². The van der Waals surface area contributed by atoms with Crippen LogP contribution in [0, 0.1) is 11.6 Å². The molecule has 2 aliphatic rings. The Morgan fingerprint density at radius 3 is 2.31 bits per heavy atom. The van der Waals surface area contributed by atoms with Crippen LogP contribution < -0.4 is 10.6 Å². The quantitative estimate of drug-likeness (QED) is 0.334. The normalized spacial score (nSPS) is 16.3. The van der Waals surface area contributed by atoms with Crippen molar-refractivity contribution in [2.75, 3.05) is 23.7 Å². The third-order valence-corrected chi connectivity index (χ3v) is 6.59. The molecule has 1 saturated heterocycles. The summed E-state index contributed by atoms with van der Waals surface area (Å²) in [7, 11) is 0. The molecule has 2 fully saturated rings. The van der Waals surface area contributed by atoms with Crippen molar-refractivity contribution in [3.05, 3.63) is 70.9 Å². The SMILES string of the molecule is FN1CCCC1.Fc1cc(F)cc(CNc2cccc(-c3cc(NC4CCCCC4)ncc3Cl)n2)c1. The van der Waals surface area contributed by atoms with Crippen molar-refractivity contribution in [1.82, 2.24) is 15.1 Å². The van der Waals surface area contributed by atoms with Crippen LogP contribution in [0.5, 0.6) is 0 Å². The van der Waals surface area contributed by atoms with E-state index in [-0.39, 0.29) is 6.54 Å². The number of pyridine rings is 2. The van der Waals surface area contributed by atoms with E-state index in [4.69, 9.17) is 11.6 Å². The highest BCUT2D eigenvalue weighted by Gasteiger charge is 2.15. The van der Waals surface area contributed by atoms with Crippen LogP contribution in [0.15, 0.2) is 48.7 Å². The summed E-state index contributed by atoms with van der Waals surface area (Å²) >= 11 is 6.40. The molecule has 192 valence electrons. The van der Waals surface area contributed by atoms with Crippen molar-refractivity contribution in [1.29, 1.82) is 0 Å². The highest BCUT2D eigenvalue weighted by molar-refractivity contribution is 6.33. The molecule has 9 heteroatoms. The van der Waals surface area contributed by atoms with Gasteiger partial charge in [0.05, 0.1) is 10.7 Å². The molecule has 0 unspecified atom stereocenters. The van der Waals surface area contributed by atoms with Crippen molar-refractivity contribution < 1.29 is 13.3 Å². The molecule has 3 heterocycles. The topological polar surface area (TPSA) is 53.1 Å². The van der Waals surface area contributed by atoms with Crippen molar-refractivity contribution in [3.8, 4) is 11.3 Å². The highest BCUT2D eigenvalue weighted by atomic mass is 35.5. The van der Waals surface area contributed by atoms with Gasteiger partial charge in [-0.1, -0.05) is 36.9 Å². The number of benzene rings is 1. The average molecular weight is 518 g/mol. The number of aromatic nitrogens is 2. The summed E-state index contributed by atoms with van der Waals surface area (Å²) in [6, 6.07) is 11.3. The summed E-state index contributed by atoms with van der Waals surface area (Å²) in [4.78, 5) is 9.03. The average Bonchev–Trinajstić information content (AvgIpc) is 3.35. The summed E-state index contributed by atoms with van der Waals surface area (Å²) in [5.41, 5.74) is 1.98. The molecular formula is C27H31ClF3N5. The van der Waals surface area contributed by atoms with Gasteiger partial charge in [-0.15, -0.1) is 9.60 Å². The van der Waals surface area contributed by atoms with Crippen molar-refractivity contribution in [3.63, 3.8) is 0 Å².